The number of hydrogen-bond acceptors (Lipinski definition) is 5. The Morgan fingerprint density at radius 1 is 1.18 bits per heavy atom. The molecule has 1 aromatic carbocycles. The van der Waals surface area contributed by atoms with Gasteiger partial charge in [-0.3, -0.25) is 0 Å². The number of anilines is 2. The Bertz CT molecular complexity index is 442. The molecule has 0 bridgehead atoms. The maximum Gasteiger partial charge on any atom is 0.271 e. The summed E-state index contributed by atoms with van der Waals surface area (Å²) in [6.07, 6.45) is 0.606. The van der Waals surface area contributed by atoms with E-state index in [9.17, 15) is 8.42 Å². The number of nitrogens with two attached hydrogens (primary N) is 4. The molecule has 0 aromatic heterocycles. The van der Waals surface area contributed by atoms with Crippen molar-refractivity contribution >= 4 is 21.6 Å². The Morgan fingerprint density at radius 2 is 1.53 bits per heavy atom. The Morgan fingerprint density at radius 3 is 1.82 bits per heavy atom. The van der Waals surface area contributed by atoms with Gasteiger partial charge in [0.1, 0.15) is 0 Å². The first kappa shape index (κ1) is 15.7. The van der Waals surface area contributed by atoms with Crippen LogP contribution in [-0.2, 0) is 16.6 Å². The summed E-state index contributed by atoms with van der Waals surface area (Å²) in [5, 5.41) is 16.9. The van der Waals surface area contributed by atoms with Crippen molar-refractivity contribution in [3.8, 4) is 0 Å². The molecule has 0 spiro atoms. The maximum absolute atomic E-state index is 9.19. The lowest BCUT2D eigenvalue weighted by atomic mass is 10.1. The second-order valence-corrected chi connectivity index (χ2v) is 4.64. The van der Waals surface area contributed by atoms with E-state index in [1.807, 2.05) is 19.1 Å². The van der Waals surface area contributed by atoms with Gasteiger partial charge in [-0.05, 0) is 36.6 Å². The fraction of sp³-hybridized carbons (Fsp3) is 0.333. The summed E-state index contributed by atoms with van der Waals surface area (Å²) < 4.78 is 18.4. The molecule has 17 heavy (non-hydrogen) atoms. The van der Waals surface area contributed by atoms with E-state index >= 15 is 0 Å². The number of aliphatic hydroxyl groups is 1. The Kier molecular flexibility index (Phi) is 5.89. The molecule has 0 aliphatic carbocycles. The summed E-state index contributed by atoms with van der Waals surface area (Å²) >= 11 is 0. The van der Waals surface area contributed by atoms with Gasteiger partial charge in [0.2, 0.25) is 0 Å². The van der Waals surface area contributed by atoms with Crippen molar-refractivity contribution in [3.63, 3.8) is 0 Å². The Hall–Kier alpha value is -1.35. The SMILES string of the molecule is Cc1c(N)cc(CCO)cc1N.NS(N)(=O)=O. The monoisotopic (exact) mass is 262 g/mol. The Labute approximate surface area is 101 Å². The van der Waals surface area contributed by atoms with Gasteiger partial charge >= 0.3 is 0 Å². The van der Waals surface area contributed by atoms with Gasteiger partial charge in [-0.15, -0.1) is 0 Å². The van der Waals surface area contributed by atoms with Crippen molar-refractivity contribution in [3.05, 3.63) is 23.3 Å². The van der Waals surface area contributed by atoms with Crippen LogP contribution in [0, 0.1) is 6.92 Å². The predicted octanol–water partition coefficient (Wildman–Crippen LogP) is -1.16. The lowest BCUT2D eigenvalue weighted by Gasteiger charge is -2.07. The molecule has 1 aromatic rings. The fourth-order valence-corrected chi connectivity index (χ4v) is 1.10. The smallest absolute Gasteiger partial charge is 0.271 e. The van der Waals surface area contributed by atoms with Gasteiger partial charge in [0.25, 0.3) is 10.2 Å². The van der Waals surface area contributed by atoms with Crippen molar-refractivity contribution in [2.75, 3.05) is 18.1 Å². The molecule has 0 radical (unpaired) electrons. The van der Waals surface area contributed by atoms with Gasteiger partial charge in [-0.25, -0.2) is 10.3 Å². The normalized spacial score (nSPS) is 10.6. The molecule has 0 amide bonds. The highest BCUT2D eigenvalue weighted by atomic mass is 32.2. The van der Waals surface area contributed by atoms with Gasteiger partial charge in [0, 0.05) is 18.0 Å². The molecular formula is C9H18N4O3S. The summed E-state index contributed by atoms with van der Waals surface area (Å²) in [6, 6.07) is 3.70. The summed E-state index contributed by atoms with van der Waals surface area (Å²) in [5.41, 5.74) is 14.7. The zero-order valence-electron chi connectivity index (χ0n) is 9.55. The summed E-state index contributed by atoms with van der Waals surface area (Å²) in [5.74, 6) is 0. The molecule has 9 N–H and O–H groups in total. The van der Waals surface area contributed by atoms with Gasteiger partial charge in [-0.1, -0.05) is 0 Å². The second kappa shape index (κ2) is 6.40. The van der Waals surface area contributed by atoms with Crippen molar-refractivity contribution in [1.29, 1.82) is 0 Å². The molecule has 0 saturated heterocycles. The molecule has 8 heteroatoms. The standard InChI is InChI=1S/C9H14N2O.H4N2O2S/c1-6-8(10)4-7(2-3-12)5-9(6)11;1-5(2,3)4/h4-5,12H,2-3,10-11H2,1H3;(H4,1,2,3,4). The highest BCUT2D eigenvalue weighted by Gasteiger charge is 2.01. The molecular weight excluding hydrogens is 244 g/mol. The van der Waals surface area contributed by atoms with E-state index in [2.05, 4.69) is 10.3 Å². The fourth-order valence-electron chi connectivity index (χ4n) is 1.10. The first-order chi connectivity index (χ1) is 7.65. The highest BCUT2D eigenvalue weighted by molar-refractivity contribution is 7.86. The summed E-state index contributed by atoms with van der Waals surface area (Å²) in [6.45, 7) is 2.01. The van der Waals surface area contributed by atoms with E-state index in [1.54, 1.807) is 0 Å². The van der Waals surface area contributed by atoms with Crippen LogP contribution in [0.1, 0.15) is 11.1 Å². The molecule has 0 unspecified atom stereocenters. The van der Waals surface area contributed by atoms with Crippen molar-refractivity contribution in [2.24, 2.45) is 10.3 Å². The average molecular weight is 262 g/mol. The van der Waals surface area contributed by atoms with Gasteiger partial charge < -0.3 is 16.6 Å². The van der Waals surface area contributed by atoms with E-state index in [0.717, 1.165) is 11.1 Å². The number of nitrogen functional groups attached to an aromatic ring is 2. The minimum absolute atomic E-state index is 0.127. The van der Waals surface area contributed by atoms with Crippen LogP contribution >= 0.6 is 0 Å². The largest absolute Gasteiger partial charge is 0.398 e. The zero-order valence-corrected chi connectivity index (χ0v) is 10.4. The molecule has 0 heterocycles. The second-order valence-electron chi connectivity index (χ2n) is 3.46. The van der Waals surface area contributed by atoms with E-state index < -0.39 is 10.2 Å². The third-order valence-corrected chi connectivity index (χ3v) is 1.95. The van der Waals surface area contributed by atoms with Crippen LogP contribution in [0.5, 0.6) is 0 Å². The molecule has 0 fully saturated rings. The van der Waals surface area contributed by atoms with Crippen LogP contribution in [0.25, 0.3) is 0 Å². The van der Waals surface area contributed by atoms with Gasteiger partial charge in [0.15, 0.2) is 0 Å². The molecule has 0 aliphatic rings. The van der Waals surface area contributed by atoms with Crippen LogP contribution < -0.4 is 21.7 Å². The van der Waals surface area contributed by atoms with Crippen LogP contribution in [0.15, 0.2) is 12.1 Å². The van der Waals surface area contributed by atoms with Crippen LogP contribution in [-0.4, -0.2) is 20.1 Å². The topological polar surface area (TPSA) is 158 Å². The zero-order chi connectivity index (χ0) is 13.6. The molecule has 0 saturated carbocycles. The first-order valence-electron chi connectivity index (χ1n) is 4.71. The highest BCUT2D eigenvalue weighted by Crippen LogP contribution is 2.20. The van der Waals surface area contributed by atoms with Crippen molar-refractivity contribution in [2.45, 2.75) is 13.3 Å². The third-order valence-electron chi connectivity index (χ3n) is 1.95. The lowest BCUT2D eigenvalue weighted by molar-refractivity contribution is 0.299. The number of hydrogen-bond donors (Lipinski definition) is 5. The van der Waals surface area contributed by atoms with Crippen molar-refractivity contribution < 1.29 is 13.5 Å². The third kappa shape index (κ3) is 7.53. The minimum atomic E-state index is -3.67. The molecule has 7 nitrogen and oxygen atoms in total. The quantitative estimate of drug-likeness (QED) is 0.425. The van der Waals surface area contributed by atoms with Crippen LogP contribution in [0.4, 0.5) is 11.4 Å². The molecule has 0 aliphatic heterocycles. The summed E-state index contributed by atoms with van der Waals surface area (Å²) in [7, 11) is -3.67. The van der Waals surface area contributed by atoms with Crippen LogP contribution in [0.3, 0.4) is 0 Å². The first-order valence-corrected chi connectivity index (χ1v) is 6.32. The van der Waals surface area contributed by atoms with Crippen molar-refractivity contribution in [1.82, 2.24) is 0 Å². The maximum atomic E-state index is 9.19. The number of benzene rings is 1. The molecule has 98 valence electrons. The van der Waals surface area contributed by atoms with Gasteiger partial charge in [-0.2, -0.15) is 8.42 Å². The number of aliphatic hydroxyl groups excluding tert-OH is 1. The predicted molar refractivity (Wildman–Crippen MR) is 68.1 cm³/mol. The molecule has 1 rings (SSSR count). The Balaban J connectivity index is 0.000000437. The average Bonchev–Trinajstić information content (AvgIpc) is 2.12. The summed E-state index contributed by atoms with van der Waals surface area (Å²) in [4.78, 5) is 0. The minimum Gasteiger partial charge on any atom is -0.398 e. The van der Waals surface area contributed by atoms with E-state index in [0.29, 0.717) is 17.8 Å². The van der Waals surface area contributed by atoms with Crippen LogP contribution in [0.2, 0.25) is 0 Å². The van der Waals surface area contributed by atoms with Gasteiger partial charge in [0.05, 0.1) is 0 Å². The van der Waals surface area contributed by atoms with E-state index in [1.165, 1.54) is 0 Å². The van der Waals surface area contributed by atoms with E-state index in [4.69, 9.17) is 16.6 Å². The molecule has 0 atom stereocenters. The van der Waals surface area contributed by atoms with E-state index in [-0.39, 0.29) is 6.61 Å². The number of rotatable bonds is 2. The lowest BCUT2D eigenvalue weighted by Crippen LogP contribution is -2.21.